The summed E-state index contributed by atoms with van der Waals surface area (Å²) in [5.74, 6) is 1.51. The zero-order chi connectivity index (χ0) is 16.4. The first-order valence-electron chi connectivity index (χ1n) is 7.95. The average Bonchev–Trinajstić information content (AvgIpc) is 3.40. The van der Waals surface area contributed by atoms with E-state index in [2.05, 4.69) is 15.2 Å². The molecule has 0 radical (unpaired) electrons. The van der Waals surface area contributed by atoms with Gasteiger partial charge >= 0.3 is 0 Å². The highest BCUT2D eigenvalue weighted by Gasteiger charge is 2.31. The number of ether oxygens (including phenoxy) is 1. The Kier molecular flexibility index (Phi) is 4.36. The van der Waals surface area contributed by atoms with E-state index in [9.17, 15) is 9.59 Å². The van der Waals surface area contributed by atoms with Gasteiger partial charge in [-0.25, -0.2) is 0 Å². The molecule has 7 nitrogen and oxygen atoms in total. The fourth-order valence-corrected chi connectivity index (χ4v) is 2.70. The van der Waals surface area contributed by atoms with E-state index in [4.69, 9.17) is 4.74 Å². The summed E-state index contributed by atoms with van der Waals surface area (Å²) in [6.45, 7) is 4.27. The molecular weight excluding hydrogens is 296 g/mol. The molecule has 2 aliphatic rings. The Balaban J connectivity index is 1.78. The number of nitrogens with zero attached hydrogens (tertiary/aromatic N) is 3. The lowest BCUT2D eigenvalue weighted by molar-refractivity contribution is -0.129. The number of carbonyl (C=O) groups excluding carboxylic acids is 2. The lowest BCUT2D eigenvalue weighted by atomic mass is 10.2. The fraction of sp³-hybridized carbons (Fsp3) is 0.562. The number of pyridine rings is 1. The molecule has 124 valence electrons. The second kappa shape index (κ2) is 6.44. The van der Waals surface area contributed by atoms with Crippen LogP contribution < -0.4 is 15.0 Å². The summed E-state index contributed by atoms with van der Waals surface area (Å²) < 4.78 is 5.21. The van der Waals surface area contributed by atoms with Gasteiger partial charge in [-0.1, -0.05) is 0 Å². The van der Waals surface area contributed by atoms with Crippen molar-refractivity contribution in [3.05, 3.63) is 12.1 Å². The second-order valence-electron chi connectivity index (χ2n) is 5.98. The first-order valence-corrected chi connectivity index (χ1v) is 7.95. The van der Waals surface area contributed by atoms with E-state index >= 15 is 0 Å². The first kappa shape index (κ1) is 15.6. The van der Waals surface area contributed by atoms with Gasteiger partial charge in [-0.3, -0.25) is 9.59 Å². The Labute approximate surface area is 135 Å². The van der Waals surface area contributed by atoms with E-state index in [1.165, 1.54) is 0 Å². The minimum Gasteiger partial charge on any atom is -0.481 e. The van der Waals surface area contributed by atoms with Gasteiger partial charge in [-0.15, -0.1) is 0 Å². The summed E-state index contributed by atoms with van der Waals surface area (Å²) in [4.78, 5) is 31.9. The van der Waals surface area contributed by atoms with Crippen molar-refractivity contribution in [2.24, 2.45) is 5.92 Å². The number of piperazine rings is 1. The van der Waals surface area contributed by atoms with Crippen LogP contribution >= 0.6 is 0 Å². The quantitative estimate of drug-likeness (QED) is 0.900. The van der Waals surface area contributed by atoms with Crippen molar-refractivity contribution in [2.75, 3.05) is 43.5 Å². The van der Waals surface area contributed by atoms with Crippen LogP contribution in [0.4, 0.5) is 11.5 Å². The van der Waals surface area contributed by atoms with Crippen LogP contribution in [-0.4, -0.2) is 55.0 Å². The zero-order valence-electron chi connectivity index (χ0n) is 13.5. The van der Waals surface area contributed by atoms with Gasteiger partial charge in [0.05, 0.1) is 12.8 Å². The molecule has 1 aromatic rings. The van der Waals surface area contributed by atoms with Crippen molar-refractivity contribution in [1.82, 2.24) is 9.88 Å². The summed E-state index contributed by atoms with van der Waals surface area (Å²) in [5.41, 5.74) is 0.707. The highest BCUT2D eigenvalue weighted by atomic mass is 16.5. The number of anilines is 2. The number of rotatable bonds is 4. The average molecular weight is 318 g/mol. The Morgan fingerprint density at radius 2 is 1.91 bits per heavy atom. The predicted molar refractivity (Wildman–Crippen MR) is 86.6 cm³/mol. The van der Waals surface area contributed by atoms with Crippen molar-refractivity contribution in [2.45, 2.75) is 19.8 Å². The molecule has 1 aliphatic carbocycles. The summed E-state index contributed by atoms with van der Waals surface area (Å²) in [6.07, 6.45) is 1.92. The van der Waals surface area contributed by atoms with Gasteiger partial charge in [0.15, 0.2) is 5.82 Å². The highest BCUT2D eigenvalue weighted by molar-refractivity contribution is 5.96. The van der Waals surface area contributed by atoms with Gasteiger partial charge in [0.2, 0.25) is 17.7 Å². The third-order valence-corrected chi connectivity index (χ3v) is 4.29. The number of hydrogen-bond donors (Lipinski definition) is 1. The fourth-order valence-electron chi connectivity index (χ4n) is 2.70. The maximum absolute atomic E-state index is 12.1. The van der Waals surface area contributed by atoms with Crippen LogP contribution in [0.3, 0.4) is 0 Å². The third kappa shape index (κ3) is 3.55. The van der Waals surface area contributed by atoms with Crippen LogP contribution in [0.5, 0.6) is 5.88 Å². The molecule has 0 aromatic carbocycles. The topological polar surface area (TPSA) is 74.8 Å². The maximum atomic E-state index is 12.1. The van der Waals surface area contributed by atoms with Gasteiger partial charge in [0.25, 0.3) is 0 Å². The number of hydrogen-bond acceptors (Lipinski definition) is 5. The zero-order valence-corrected chi connectivity index (χ0v) is 13.5. The van der Waals surface area contributed by atoms with E-state index in [0.29, 0.717) is 43.6 Å². The number of methoxy groups -OCH3 is 1. The normalized spacial score (nSPS) is 17.8. The van der Waals surface area contributed by atoms with Gasteiger partial charge in [0.1, 0.15) is 0 Å². The Hall–Kier alpha value is -2.31. The standard InChI is InChI=1S/C16H22N4O3/c1-11(21)19-7-9-20(10-8-19)15-13(5-6-14(18-15)23-2)17-16(22)12-3-4-12/h5-6,12H,3-4,7-10H2,1-2H3,(H,17,22). The Bertz CT molecular complexity index is 607. The van der Waals surface area contributed by atoms with Crippen LogP contribution in [0, 0.1) is 5.92 Å². The molecule has 2 heterocycles. The molecule has 1 N–H and O–H groups in total. The van der Waals surface area contributed by atoms with E-state index in [1.54, 1.807) is 20.1 Å². The maximum Gasteiger partial charge on any atom is 0.227 e. The van der Waals surface area contributed by atoms with Crippen molar-refractivity contribution in [3.8, 4) is 5.88 Å². The molecule has 2 amide bonds. The van der Waals surface area contributed by atoms with Crippen LogP contribution in [0.15, 0.2) is 12.1 Å². The lowest BCUT2D eigenvalue weighted by Gasteiger charge is -2.35. The largest absolute Gasteiger partial charge is 0.481 e. The number of carbonyl (C=O) groups is 2. The summed E-state index contributed by atoms with van der Waals surface area (Å²) in [5, 5.41) is 2.98. The molecule has 1 aromatic heterocycles. The lowest BCUT2D eigenvalue weighted by Crippen LogP contribution is -2.48. The first-order chi connectivity index (χ1) is 11.1. The Morgan fingerprint density at radius 3 is 2.48 bits per heavy atom. The molecule has 1 saturated carbocycles. The third-order valence-electron chi connectivity index (χ3n) is 4.29. The Morgan fingerprint density at radius 1 is 1.22 bits per heavy atom. The van der Waals surface area contributed by atoms with Gasteiger partial charge in [0, 0.05) is 45.1 Å². The summed E-state index contributed by atoms with van der Waals surface area (Å²) in [6, 6.07) is 3.58. The molecule has 1 saturated heterocycles. The highest BCUT2D eigenvalue weighted by Crippen LogP contribution is 2.33. The number of aromatic nitrogens is 1. The predicted octanol–water partition coefficient (Wildman–Crippen LogP) is 1.11. The smallest absolute Gasteiger partial charge is 0.227 e. The van der Waals surface area contributed by atoms with Crippen LogP contribution in [0.2, 0.25) is 0 Å². The van der Waals surface area contributed by atoms with E-state index < -0.39 is 0 Å². The van der Waals surface area contributed by atoms with Crippen LogP contribution in [0.1, 0.15) is 19.8 Å². The van der Waals surface area contributed by atoms with Gasteiger partial charge in [-0.2, -0.15) is 4.98 Å². The molecule has 2 fully saturated rings. The van der Waals surface area contributed by atoms with E-state index in [-0.39, 0.29) is 17.7 Å². The molecule has 0 atom stereocenters. The molecule has 0 bridgehead atoms. The SMILES string of the molecule is COc1ccc(NC(=O)C2CC2)c(N2CCN(C(C)=O)CC2)n1. The molecule has 3 rings (SSSR count). The molecule has 23 heavy (non-hydrogen) atoms. The van der Waals surface area contributed by atoms with E-state index in [1.807, 2.05) is 11.0 Å². The number of nitrogens with one attached hydrogen (secondary N) is 1. The van der Waals surface area contributed by atoms with Crippen molar-refractivity contribution in [3.63, 3.8) is 0 Å². The van der Waals surface area contributed by atoms with E-state index in [0.717, 1.165) is 12.8 Å². The molecule has 0 spiro atoms. The molecule has 1 aliphatic heterocycles. The molecular formula is C16H22N4O3. The van der Waals surface area contributed by atoms with Gasteiger partial charge < -0.3 is 19.9 Å². The van der Waals surface area contributed by atoms with Crippen LogP contribution in [-0.2, 0) is 9.59 Å². The summed E-state index contributed by atoms with van der Waals surface area (Å²) >= 11 is 0. The minimum atomic E-state index is 0.0561. The van der Waals surface area contributed by atoms with Crippen molar-refractivity contribution < 1.29 is 14.3 Å². The monoisotopic (exact) mass is 318 g/mol. The van der Waals surface area contributed by atoms with Gasteiger partial charge in [-0.05, 0) is 18.9 Å². The van der Waals surface area contributed by atoms with Crippen molar-refractivity contribution >= 4 is 23.3 Å². The minimum absolute atomic E-state index is 0.0561. The van der Waals surface area contributed by atoms with Crippen molar-refractivity contribution in [1.29, 1.82) is 0 Å². The molecule has 7 heteroatoms. The molecule has 0 unspecified atom stereocenters. The second-order valence-corrected chi connectivity index (χ2v) is 5.98. The number of amides is 2. The summed E-state index contributed by atoms with van der Waals surface area (Å²) in [7, 11) is 1.57. The van der Waals surface area contributed by atoms with Crippen LogP contribution in [0.25, 0.3) is 0 Å².